The Morgan fingerprint density at radius 2 is 2.41 bits per heavy atom. The molecule has 0 amide bonds. The van der Waals surface area contributed by atoms with Crippen LogP contribution >= 0.6 is 11.6 Å². The van der Waals surface area contributed by atoms with Gasteiger partial charge in [0.2, 0.25) is 0 Å². The Morgan fingerprint density at radius 1 is 1.50 bits per heavy atom. The van der Waals surface area contributed by atoms with E-state index in [2.05, 4.69) is 27.4 Å². The third kappa shape index (κ3) is 3.48. The van der Waals surface area contributed by atoms with Crippen LogP contribution in [0, 0.1) is 5.92 Å². The van der Waals surface area contributed by atoms with Crippen molar-refractivity contribution in [3.05, 3.63) is 47.0 Å². The maximum Gasteiger partial charge on any atom is 0.0895 e. The summed E-state index contributed by atoms with van der Waals surface area (Å²) in [4.78, 5) is 4.03. The van der Waals surface area contributed by atoms with E-state index in [1.165, 1.54) is 0 Å². The normalized spacial score (nSPS) is 23.4. The fraction of sp³-hybridized carbons (Fsp3) is 0.500. The minimum Gasteiger partial charge on any atom is -0.373 e. The van der Waals surface area contributed by atoms with E-state index in [1.807, 2.05) is 18.5 Å². The van der Waals surface area contributed by atoms with Gasteiger partial charge in [-0.1, -0.05) is 11.6 Å². The summed E-state index contributed by atoms with van der Waals surface area (Å²) >= 11 is 6.21. The van der Waals surface area contributed by atoms with Gasteiger partial charge in [-0.2, -0.15) is 5.10 Å². The van der Waals surface area contributed by atoms with Crippen molar-refractivity contribution in [2.45, 2.75) is 31.9 Å². The summed E-state index contributed by atoms with van der Waals surface area (Å²) in [5.74, 6) is 0.439. The molecule has 0 radical (unpaired) electrons. The Morgan fingerprint density at radius 3 is 3.18 bits per heavy atom. The Kier molecular flexibility index (Phi) is 5.08. The highest BCUT2D eigenvalue weighted by molar-refractivity contribution is 6.31. The summed E-state index contributed by atoms with van der Waals surface area (Å²) in [6, 6.07) is 2.15. The quantitative estimate of drug-likeness (QED) is 0.887. The number of nitrogens with one attached hydrogen (secondary N) is 2. The third-order valence-corrected chi connectivity index (χ3v) is 4.57. The highest BCUT2D eigenvalue weighted by Gasteiger charge is 2.28. The predicted octanol–water partition coefficient (Wildman–Crippen LogP) is 3.28. The molecule has 1 saturated heterocycles. The van der Waals surface area contributed by atoms with Gasteiger partial charge in [-0.25, -0.2) is 0 Å². The number of H-pyrrole nitrogens is 1. The highest BCUT2D eigenvalue weighted by atomic mass is 35.5. The average molecular weight is 321 g/mol. The Labute approximate surface area is 135 Å². The van der Waals surface area contributed by atoms with Crippen LogP contribution < -0.4 is 5.32 Å². The zero-order valence-corrected chi connectivity index (χ0v) is 13.4. The maximum absolute atomic E-state index is 6.21. The zero-order valence-electron chi connectivity index (χ0n) is 12.6. The molecule has 0 spiro atoms. The molecule has 118 valence electrons. The molecule has 2 aromatic heterocycles. The number of halogens is 1. The molecule has 3 heterocycles. The molecule has 0 bridgehead atoms. The maximum atomic E-state index is 6.21. The van der Waals surface area contributed by atoms with Crippen molar-refractivity contribution in [3.8, 4) is 0 Å². The lowest BCUT2D eigenvalue weighted by Gasteiger charge is -2.32. The van der Waals surface area contributed by atoms with Crippen molar-refractivity contribution < 1.29 is 4.74 Å². The second-order valence-corrected chi connectivity index (χ2v) is 6.16. The standard InChI is InChI=1S/C16H21ClN4O/c1-11(14-4-5-18-10-15(14)17)19-7-12-3-2-6-22-16(12)13-8-20-21-9-13/h4-5,8-12,16,19H,2-3,6-7H2,1H3,(H,20,21)/t11?,12-,16+/m0/s1. The lowest BCUT2D eigenvalue weighted by atomic mass is 9.90. The van der Waals surface area contributed by atoms with Crippen molar-refractivity contribution in [1.29, 1.82) is 0 Å². The Bertz CT molecular complexity index is 590. The number of nitrogens with zero attached hydrogens (tertiary/aromatic N) is 2. The van der Waals surface area contributed by atoms with Crippen molar-refractivity contribution in [2.75, 3.05) is 13.2 Å². The molecule has 1 unspecified atom stereocenters. The van der Waals surface area contributed by atoms with Crippen molar-refractivity contribution in [1.82, 2.24) is 20.5 Å². The summed E-state index contributed by atoms with van der Waals surface area (Å²) in [7, 11) is 0. The van der Waals surface area contributed by atoms with E-state index in [-0.39, 0.29) is 12.1 Å². The summed E-state index contributed by atoms with van der Waals surface area (Å²) in [5, 5.41) is 11.2. The van der Waals surface area contributed by atoms with Gasteiger partial charge in [-0.15, -0.1) is 0 Å². The van der Waals surface area contributed by atoms with Gasteiger partial charge in [0.05, 0.1) is 17.3 Å². The second-order valence-electron chi connectivity index (χ2n) is 5.75. The summed E-state index contributed by atoms with van der Waals surface area (Å²) < 4.78 is 5.96. The van der Waals surface area contributed by atoms with Gasteiger partial charge in [0.1, 0.15) is 0 Å². The molecule has 0 saturated carbocycles. The first-order valence-electron chi connectivity index (χ1n) is 7.69. The van der Waals surface area contributed by atoms with E-state index in [1.54, 1.807) is 12.4 Å². The van der Waals surface area contributed by atoms with Crippen molar-refractivity contribution >= 4 is 11.6 Å². The van der Waals surface area contributed by atoms with Crippen LogP contribution in [0.15, 0.2) is 30.9 Å². The van der Waals surface area contributed by atoms with Crippen LogP contribution in [0.4, 0.5) is 0 Å². The Hall–Kier alpha value is -1.43. The molecule has 22 heavy (non-hydrogen) atoms. The van der Waals surface area contributed by atoms with Crippen LogP contribution in [-0.2, 0) is 4.74 Å². The first-order chi connectivity index (χ1) is 10.8. The first-order valence-corrected chi connectivity index (χ1v) is 8.06. The molecular weight excluding hydrogens is 300 g/mol. The van der Waals surface area contributed by atoms with Gasteiger partial charge in [0.25, 0.3) is 0 Å². The molecular formula is C16H21ClN4O. The topological polar surface area (TPSA) is 62.8 Å². The van der Waals surface area contributed by atoms with E-state index in [0.29, 0.717) is 10.9 Å². The summed E-state index contributed by atoms with van der Waals surface area (Å²) in [6.45, 7) is 3.82. The predicted molar refractivity (Wildman–Crippen MR) is 85.7 cm³/mol. The van der Waals surface area contributed by atoms with E-state index in [0.717, 1.165) is 37.1 Å². The van der Waals surface area contributed by atoms with Gasteiger partial charge in [0.15, 0.2) is 0 Å². The number of hydrogen-bond acceptors (Lipinski definition) is 4. The summed E-state index contributed by atoms with van der Waals surface area (Å²) in [6.07, 6.45) is 9.60. The molecule has 5 nitrogen and oxygen atoms in total. The van der Waals surface area contributed by atoms with Crippen LogP contribution in [0.1, 0.15) is 43.0 Å². The van der Waals surface area contributed by atoms with E-state index < -0.39 is 0 Å². The van der Waals surface area contributed by atoms with Gasteiger partial charge < -0.3 is 10.1 Å². The van der Waals surface area contributed by atoms with Crippen LogP contribution in [0.2, 0.25) is 5.02 Å². The molecule has 1 fully saturated rings. The molecule has 3 rings (SSSR count). The fourth-order valence-corrected chi connectivity index (χ4v) is 3.30. The van der Waals surface area contributed by atoms with Crippen LogP contribution in [0.5, 0.6) is 0 Å². The van der Waals surface area contributed by atoms with Gasteiger partial charge >= 0.3 is 0 Å². The van der Waals surface area contributed by atoms with Crippen LogP contribution in [0.25, 0.3) is 0 Å². The molecule has 2 N–H and O–H groups in total. The molecule has 3 atom stereocenters. The zero-order chi connectivity index (χ0) is 15.4. The number of pyridine rings is 1. The minimum atomic E-state index is 0.111. The number of ether oxygens (including phenoxy) is 1. The van der Waals surface area contributed by atoms with Gasteiger partial charge in [0, 0.05) is 49.3 Å². The monoisotopic (exact) mass is 320 g/mol. The molecule has 1 aliphatic heterocycles. The average Bonchev–Trinajstić information content (AvgIpc) is 3.07. The SMILES string of the molecule is CC(NC[C@@H]1CCCO[C@H]1c1cn[nH]c1)c1ccncc1Cl. The largest absolute Gasteiger partial charge is 0.373 e. The smallest absolute Gasteiger partial charge is 0.0895 e. The number of aromatic nitrogens is 3. The molecule has 2 aromatic rings. The van der Waals surface area contributed by atoms with E-state index in [4.69, 9.17) is 16.3 Å². The lowest BCUT2D eigenvalue weighted by molar-refractivity contribution is -0.0283. The second kappa shape index (κ2) is 7.22. The highest BCUT2D eigenvalue weighted by Crippen LogP contribution is 2.33. The minimum absolute atomic E-state index is 0.111. The Balaban J connectivity index is 1.63. The molecule has 1 aliphatic rings. The van der Waals surface area contributed by atoms with Gasteiger partial charge in [-0.3, -0.25) is 10.1 Å². The van der Waals surface area contributed by atoms with E-state index in [9.17, 15) is 0 Å². The van der Waals surface area contributed by atoms with Crippen LogP contribution in [0.3, 0.4) is 0 Å². The van der Waals surface area contributed by atoms with Crippen molar-refractivity contribution in [3.63, 3.8) is 0 Å². The van der Waals surface area contributed by atoms with Crippen LogP contribution in [-0.4, -0.2) is 28.3 Å². The number of rotatable bonds is 5. The fourth-order valence-electron chi connectivity index (χ4n) is 3.01. The third-order valence-electron chi connectivity index (χ3n) is 4.25. The molecule has 0 aromatic carbocycles. The van der Waals surface area contributed by atoms with Gasteiger partial charge in [-0.05, 0) is 31.4 Å². The van der Waals surface area contributed by atoms with E-state index >= 15 is 0 Å². The number of aromatic amines is 1. The lowest BCUT2D eigenvalue weighted by Crippen LogP contribution is -2.33. The molecule has 0 aliphatic carbocycles. The first kappa shape index (κ1) is 15.5. The number of hydrogen-bond donors (Lipinski definition) is 2. The summed E-state index contributed by atoms with van der Waals surface area (Å²) in [5.41, 5.74) is 2.20. The van der Waals surface area contributed by atoms with Crippen molar-refractivity contribution in [2.24, 2.45) is 5.92 Å². The molecule has 6 heteroatoms.